The molecule has 1 aromatic carbocycles. The number of para-hydroxylation sites is 1. The van der Waals surface area contributed by atoms with E-state index in [9.17, 15) is 14.4 Å². The van der Waals surface area contributed by atoms with Crippen LogP contribution in [0.1, 0.15) is 28.6 Å². The number of ether oxygens (including phenoxy) is 2. The quantitative estimate of drug-likeness (QED) is 0.561. The molecule has 9 nitrogen and oxygen atoms in total. The summed E-state index contributed by atoms with van der Waals surface area (Å²) in [5.74, 6) is -0.0239. The van der Waals surface area contributed by atoms with Crippen molar-refractivity contribution in [3.63, 3.8) is 0 Å². The predicted octanol–water partition coefficient (Wildman–Crippen LogP) is 1.84. The Morgan fingerprint density at radius 2 is 2.03 bits per heavy atom. The van der Waals surface area contributed by atoms with Gasteiger partial charge >= 0.3 is 5.97 Å². The molecule has 0 spiro atoms. The summed E-state index contributed by atoms with van der Waals surface area (Å²) in [5.41, 5.74) is 0.497. The zero-order chi connectivity index (χ0) is 21.7. The molecule has 0 fully saturated rings. The number of fused-ring (bicyclic) bond motifs is 1. The summed E-state index contributed by atoms with van der Waals surface area (Å²) in [7, 11) is 1.59. The first kappa shape index (κ1) is 21.1. The molecule has 0 saturated heterocycles. The SMILES string of the molecule is CCOC(=O)c1c(C)oc2ncn(CC(=O)NCCc3ccccc3OC)c(=O)c12. The Balaban J connectivity index is 1.73. The smallest absolute Gasteiger partial charge is 0.342 e. The first-order chi connectivity index (χ1) is 14.5. The molecular weight excluding hydrogens is 390 g/mol. The van der Waals surface area contributed by atoms with Gasteiger partial charge in [0.1, 0.15) is 35.3 Å². The summed E-state index contributed by atoms with van der Waals surface area (Å²) in [6.07, 6.45) is 1.80. The van der Waals surface area contributed by atoms with Crippen molar-refractivity contribution in [2.24, 2.45) is 0 Å². The van der Waals surface area contributed by atoms with Crippen LogP contribution in [0.5, 0.6) is 5.75 Å². The molecular formula is C21H23N3O6. The maximum absolute atomic E-state index is 12.8. The van der Waals surface area contributed by atoms with Gasteiger partial charge in [-0.2, -0.15) is 0 Å². The van der Waals surface area contributed by atoms with Gasteiger partial charge < -0.3 is 19.2 Å². The number of nitrogens with zero attached hydrogens (tertiary/aromatic N) is 2. The monoisotopic (exact) mass is 413 g/mol. The van der Waals surface area contributed by atoms with Gasteiger partial charge in [0.25, 0.3) is 5.56 Å². The van der Waals surface area contributed by atoms with E-state index in [1.165, 1.54) is 6.33 Å². The highest BCUT2D eigenvalue weighted by Crippen LogP contribution is 2.21. The minimum absolute atomic E-state index is 0.00951. The normalized spacial score (nSPS) is 10.8. The van der Waals surface area contributed by atoms with Gasteiger partial charge in [-0.1, -0.05) is 18.2 Å². The van der Waals surface area contributed by atoms with Crippen LogP contribution in [0.4, 0.5) is 0 Å². The zero-order valence-electron chi connectivity index (χ0n) is 17.1. The van der Waals surface area contributed by atoms with Crippen LogP contribution in [0.25, 0.3) is 11.1 Å². The van der Waals surface area contributed by atoms with Gasteiger partial charge in [-0.05, 0) is 31.9 Å². The summed E-state index contributed by atoms with van der Waals surface area (Å²) < 4.78 is 16.8. The van der Waals surface area contributed by atoms with Crippen molar-refractivity contribution < 1.29 is 23.5 Å². The highest BCUT2D eigenvalue weighted by atomic mass is 16.5. The number of hydrogen-bond donors (Lipinski definition) is 1. The Labute approximate surface area is 172 Å². The largest absolute Gasteiger partial charge is 0.496 e. The van der Waals surface area contributed by atoms with E-state index in [0.29, 0.717) is 13.0 Å². The first-order valence-corrected chi connectivity index (χ1v) is 9.50. The zero-order valence-corrected chi connectivity index (χ0v) is 17.1. The topological polar surface area (TPSA) is 113 Å². The van der Waals surface area contributed by atoms with E-state index >= 15 is 0 Å². The minimum Gasteiger partial charge on any atom is -0.496 e. The Morgan fingerprint density at radius 1 is 1.27 bits per heavy atom. The Morgan fingerprint density at radius 3 is 2.77 bits per heavy atom. The van der Waals surface area contributed by atoms with Gasteiger partial charge in [0, 0.05) is 6.54 Å². The fourth-order valence-corrected chi connectivity index (χ4v) is 3.16. The predicted molar refractivity (Wildman–Crippen MR) is 109 cm³/mol. The van der Waals surface area contributed by atoms with Crippen LogP contribution >= 0.6 is 0 Å². The lowest BCUT2D eigenvalue weighted by atomic mass is 10.1. The Bertz CT molecular complexity index is 1130. The number of nitrogens with one attached hydrogen (secondary N) is 1. The molecule has 1 N–H and O–H groups in total. The Hall–Kier alpha value is -3.62. The molecule has 0 aliphatic carbocycles. The van der Waals surface area contributed by atoms with Gasteiger partial charge in [-0.25, -0.2) is 9.78 Å². The molecule has 0 saturated carbocycles. The second-order valence-electron chi connectivity index (χ2n) is 6.52. The summed E-state index contributed by atoms with van der Waals surface area (Å²) in [6.45, 7) is 3.53. The summed E-state index contributed by atoms with van der Waals surface area (Å²) in [4.78, 5) is 41.4. The fraction of sp³-hybridized carbons (Fsp3) is 0.333. The standard InChI is InChI=1S/C21H23N3O6/c1-4-29-21(27)17-13(2)30-19-18(17)20(26)24(12-23-19)11-16(25)22-10-9-14-7-5-6-8-15(14)28-3/h5-8,12H,4,9-11H2,1-3H3,(H,22,25). The number of furan rings is 1. The molecule has 0 aliphatic heterocycles. The molecule has 0 atom stereocenters. The van der Waals surface area contributed by atoms with Crippen molar-refractivity contribution in [1.82, 2.24) is 14.9 Å². The van der Waals surface area contributed by atoms with Gasteiger partial charge in [0.2, 0.25) is 11.6 Å². The number of carbonyl (C=O) groups excluding carboxylic acids is 2. The number of methoxy groups -OCH3 is 1. The van der Waals surface area contributed by atoms with E-state index in [4.69, 9.17) is 13.9 Å². The number of aryl methyl sites for hydroxylation is 1. The number of esters is 1. The van der Waals surface area contributed by atoms with E-state index in [0.717, 1.165) is 15.9 Å². The minimum atomic E-state index is -0.661. The number of aromatic nitrogens is 2. The van der Waals surface area contributed by atoms with Crippen LogP contribution in [0.3, 0.4) is 0 Å². The number of rotatable bonds is 8. The molecule has 0 radical (unpaired) electrons. The van der Waals surface area contributed by atoms with E-state index in [2.05, 4.69) is 10.3 Å². The molecule has 9 heteroatoms. The van der Waals surface area contributed by atoms with Crippen molar-refractivity contribution in [1.29, 1.82) is 0 Å². The number of hydrogen-bond acceptors (Lipinski definition) is 7. The average molecular weight is 413 g/mol. The van der Waals surface area contributed by atoms with Crippen LogP contribution in [0, 0.1) is 6.92 Å². The molecule has 0 aliphatic rings. The number of carbonyl (C=O) groups is 2. The molecule has 0 bridgehead atoms. The summed E-state index contributed by atoms with van der Waals surface area (Å²) in [5, 5.41) is 2.78. The highest BCUT2D eigenvalue weighted by Gasteiger charge is 2.24. The van der Waals surface area contributed by atoms with E-state index < -0.39 is 11.5 Å². The van der Waals surface area contributed by atoms with Crippen LogP contribution < -0.4 is 15.6 Å². The molecule has 0 unspecified atom stereocenters. The number of benzene rings is 1. The second-order valence-corrected chi connectivity index (χ2v) is 6.52. The third-order valence-electron chi connectivity index (χ3n) is 4.56. The number of amides is 1. The summed E-state index contributed by atoms with van der Waals surface area (Å²) in [6, 6.07) is 7.55. The van der Waals surface area contributed by atoms with Crippen molar-refractivity contribution in [2.75, 3.05) is 20.3 Å². The van der Waals surface area contributed by atoms with Crippen LogP contribution in [0.15, 0.2) is 39.8 Å². The van der Waals surface area contributed by atoms with Crippen LogP contribution in [-0.2, 0) is 22.5 Å². The van der Waals surface area contributed by atoms with Crippen molar-refractivity contribution in [3.05, 3.63) is 57.8 Å². The first-order valence-electron chi connectivity index (χ1n) is 9.50. The molecule has 3 aromatic rings. The van der Waals surface area contributed by atoms with Crippen LogP contribution in [-0.4, -0.2) is 41.7 Å². The van der Waals surface area contributed by atoms with Gasteiger partial charge in [0.15, 0.2) is 0 Å². The average Bonchev–Trinajstić information content (AvgIpc) is 3.07. The van der Waals surface area contributed by atoms with E-state index in [1.807, 2.05) is 24.3 Å². The van der Waals surface area contributed by atoms with Gasteiger partial charge in [-0.15, -0.1) is 0 Å². The lowest BCUT2D eigenvalue weighted by molar-refractivity contribution is -0.121. The van der Waals surface area contributed by atoms with Gasteiger partial charge in [-0.3, -0.25) is 14.2 Å². The second kappa shape index (κ2) is 9.25. The van der Waals surface area contributed by atoms with Crippen molar-refractivity contribution >= 4 is 23.0 Å². The third kappa shape index (κ3) is 4.35. The summed E-state index contributed by atoms with van der Waals surface area (Å²) >= 11 is 0. The maximum atomic E-state index is 12.8. The molecule has 2 aromatic heterocycles. The van der Waals surface area contributed by atoms with Crippen molar-refractivity contribution in [3.8, 4) is 5.75 Å². The maximum Gasteiger partial charge on any atom is 0.342 e. The molecule has 30 heavy (non-hydrogen) atoms. The van der Waals surface area contributed by atoms with E-state index in [-0.39, 0.29) is 41.5 Å². The van der Waals surface area contributed by atoms with Crippen molar-refractivity contribution in [2.45, 2.75) is 26.8 Å². The third-order valence-corrected chi connectivity index (χ3v) is 4.56. The molecule has 1 amide bonds. The molecule has 158 valence electrons. The van der Waals surface area contributed by atoms with Crippen LogP contribution in [0.2, 0.25) is 0 Å². The van der Waals surface area contributed by atoms with Gasteiger partial charge in [0.05, 0.1) is 13.7 Å². The van der Waals surface area contributed by atoms with E-state index in [1.54, 1.807) is 21.0 Å². The lowest BCUT2D eigenvalue weighted by Gasteiger charge is -2.10. The highest BCUT2D eigenvalue weighted by molar-refractivity contribution is 6.03. The molecule has 3 rings (SSSR count). The molecule has 2 heterocycles. The Kier molecular flexibility index (Phi) is 6.51. The fourth-order valence-electron chi connectivity index (χ4n) is 3.16. The lowest BCUT2D eigenvalue weighted by Crippen LogP contribution is -2.33.